The highest BCUT2D eigenvalue weighted by Crippen LogP contribution is 2.30. The Morgan fingerprint density at radius 3 is 2.57 bits per heavy atom. The minimum Gasteiger partial charge on any atom is -0.497 e. The number of rotatable bonds is 5. The number of hydrogen-bond acceptors (Lipinski definition) is 2. The quantitative estimate of drug-likeness (QED) is 0.850. The Morgan fingerprint density at radius 1 is 1.14 bits per heavy atom. The van der Waals surface area contributed by atoms with E-state index in [-0.39, 0.29) is 6.04 Å². The van der Waals surface area contributed by atoms with Gasteiger partial charge in [0.05, 0.1) is 13.2 Å². The molecule has 0 saturated carbocycles. The van der Waals surface area contributed by atoms with Crippen molar-refractivity contribution in [3.8, 4) is 5.75 Å². The first-order valence-corrected chi connectivity index (χ1v) is 7.98. The van der Waals surface area contributed by atoms with Crippen LogP contribution in [-0.4, -0.2) is 7.11 Å². The van der Waals surface area contributed by atoms with Crippen LogP contribution in [0.1, 0.15) is 36.6 Å². The van der Waals surface area contributed by atoms with Crippen LogP contribution in [0.15, 0.2) is 46.9 Å². The normalized spacial score (nSPS) is 12.5. The maximum Gasteiger partial charge on any atom is 0.119 e. The van der Waals surface area contributed by atoms with Gasteiger partial charge in [0.2, 0.25) is 0 Å². The highest BCUT2D eigenvalue weighted by atomic mass is 79.9. The summed E-state index contributed by atoms with van der Waals surface area (Å²) in [7, 11) is 1.67. The lowest BCUT2D eigenvalue weighted by molar-refractivity contribution is 0.414. The topological polar surface area (TPSA) is 35.2 Å². The van der Waals surface area contributed by atoms with Crippen LogP contribution in [0.25, 0.3) is 0 Å². The molecule has 0 aliphatic rings. The average molecular weight is 348 g/mol. The molecule has 0 amide bonds. The van der Waals surface area contributed by atoms with Crippen molar-refractivity contribution in [2.45, 2.75) is 26.3 Å². The van der Waals surface area contributed by atoms with Crippen molar-refractivity contribution in [1.29, 1.82) is 0 Å². The summed E-state index contributed by atoms with van der Waals surface area (Å²) >= 11 is 3.58. The Bertz CT molecular complexity index is 610. The van der Waals surface area contributed by atoms with Crippen molar-refractivity contribution in [2.75, 3.05) is 7.11 Å². The van der Waals surface area contributed by atoms with E-state index < -0.39 is 0 Å². The van der Waals surface area contributed by atoms with E-state index in [1.54, 1.807) is 7.11 Å². The van der Waals surface area contributed by atoms with E-state index in [4.69, 9.17) is 10.5 Å². The van der Waals surface area contributed by atoms with Gasteiger partial charge < -0.3 is 10.5 Å². The maximum absolute atomic E-state index is 6.45. The molecule has 0 aliphatic heterocycles. The molecule has 0 fully saturated rings. The van der Waals surface area contributed by atoms with E-state index >= 15 is 0 Å². The Kier molecular flexibility index (Phi) is 5.43. The monoisotopic (exact) mass is 347 g/mol. The first-order valence-electron chi connectivity index (χ1n) is 7.19. The van der Waals surface area contributed by atoms with Gasteiger partial charge in [0.25, 0.3) is 0 Å². The Labute approximate surface area is 135 Å². The summed E-state index contributed by atoms with van der Waals surface area (Å²) in [5, 5.41) is 0. The molecule has 2 aromatic rings. The molecule has 0 spiro atoms. The average Bonchev–Trinajstić information content (AvgIpc) is 2.46. The predicted molar refractivity (Wildman–Crippen MR) is 91.7 cm³/mol. The second-order valence-electron chi connectivity index (χ2n) is 5.71. The third kappa shape index (κ3) is 4.08. The number of ether oxygens (including phenoxy) is 1. The van der Waals surface area contributed by atoms with Crippen LogP contribution in [0.3, 0.4) is 0 Å². The van der Waals surface area contributed by atoms with Crippen molar-refractivity contribution in [3.63, 3.8) is 0 Å². The molecule has 3 heteroatoms. The lowest BCUT2D eigenvalue weighted by Gasteiger charge is -2.17. The maximum atomic E-state index is 6.45. The predicted octanol–water partition coefficient (Wildman–Crippen LogP) is 4.70. The highest BCUT2D eigenvalue weighted by molar-refractivity contribution is 9.10. The van der Waals surface area contributed by atoms with Crippen molar-refractivity contribution < 1.29 is 4.74 Å². The summed E-state index contributed by atoms with van der Waals surface area (Å²) < 4.78 is 6.30. The van der Waals surface area contributed by atoms with Crippen molar-refractivity contribution in [2.24, 2.45) is 11.7 Å². The second-order valence-corrected chi connectivity index (χ2v) is 6.56. The van der Waals surface area contributed by atoms with Crippen molar-refractivity contribution in [1.82, 2.24) is 0 Å². The van der Waals surface area contributed by atoms with Gasteiger partial charge in [-0.05, 0) is 47.2 Å². The van der Waals surface area contributed by atoms with Crippen LogP contribution in [0.5, 0.6) is 5.75 Å². The van der Waals surface area contributed by atoms with Gasteiger partial charge in [0.15, 0.2) is 0 Å². The van der Waals surface area contributed by atoms with E-state index in [0.717, 1.165) is 27.8 Å². The van der Waals surface area contributed by atoms with Crippen LogP contribution in [0.4, 0.5) is 0 Å². The first kappa shape index (κ1) is 16.1. The second kappa shape index (κ2) is 7.10. The summed E-state index contributed by atoms with van der Waals surface area (Å²) in [6, 6.07) is 14.3. The summed E-state index contributed by atoms with van der Waals surface area (Å²) in [5.74, 6) is 1.46. The van der Waals surface area contributed by atoms with Crippen LogP contribution in [0, 0.1) is 5.92 Å². The summed E-state index contributed by atoms with van der Waals surface area (Å²) in [6.45, 7) is 4.45. The van der Waals surface area contributed by atoms with Gasteiger partial charge in [0, 0.05) is 4.47 Å². The third-order valence-corrected chi connectivity index (χ3v) is 4.21. The van der Waals surface area contributed by atoms with E-state index in [1.807, 2.05) is 18.2 Å². The summed E-state index contributed by atoms with van der Waals surface area (Å²) in [6.07, 6.45) is 1.07. The fourth-order valence-electron chi connectivity index (χ4n) is 2.45. The molecule has 0 aliphatic carbocycles. The minimum atomic E-state index is -0.165. The summed E-state index contributed by atoms with van der Waals surface area (Å²) in [4.78, 5) is 0. The lowest BCUT2D eigenvalue weighted by Crippen LogP contribution is -2.13. The molecule has 21 heavy (non-hydrogen) atoms. The molecule has 2 nitrogen and oxygen atoms in total. The molecular formula is C18H22BrNO. The zero-order chi connectivity index (χ0) is 15.4. The molecule has 0 heterocycles. The van der Waals surface area contributed by atoms with Gasteiger partial charge >= 0.3 is 0 Å². The largest absolute Gasteiger partial charge is 0.497 e. The SMILES string of the molecule is COc1ccc(Br)c(C(N)c2cccc(CC(C)C)c2)c1. The zero-order valence-electron chi connectivity index (χ0n) is 12.8. The molecule has 112 valence electrons. The molecule has 0 radical (unpaired) electrons. The Hall–Kier alpha value is -1.32. The fourth-order valence-corrected chi connectivity index (χ4v) is 2.94. The van der Waals surface area contributed by atoms with E-state index in [0.29, 0.717) is 5.92 Å². The number of halogens is 1. The number of methoxy groups -OCH3 is 1. The van der Waals surface area contributed by atoms with Crippen LogP contribution >= 0.6 is 15.9 Å². The van der Waals surface area contributed by atoms with Gasteiger partial charge in [-0.2, -0.15) is 0 Å². The minimum absolute atomic E-state index is 0.165. The first-order chi connectivity index (χ1) is 10.0. The zero-order valence-corrected chi connectivity index (χ0v) is 14.4. The van der Waals surface area contributed by atoms with Gasteiger partial charge in [0.1, 0.15) is 5.75 Å². The van der Waals surface area contributed by atoms with Gasteiger partial charge in [-0.1, -0.05) is 54.0 Å². The molecule has 0 bridgehead atoms. The Balaban J connectivity index is 2.33. The molecule has 1 unspecified atom stereocenters. The van der Waals surface area contributed by atoms with Gasteiger partial charge in [-0.25, -0.2) is 0 Å². The van der Waals surface area contributed by atoms with E-state index in [2.05, 4.69) is 54.0 Å². The molecule has 0 aromatic heterocycles. The van der Waals surface area contributed by atoms with Crippen LogP contribution in [0.2, 0.25) is 0 Å². The number of nitrogens with two attached hydrogens (primary N) is 1. The number of benzene rings is 2. The van der Waals surface area contributed by atoms with Crippen LogP contribution < -0.4 is 10.5 Å². The Morgan fingerprint density at radius 2 is 1.90 bits per heavy atom. The standard InChI is InChI=1S/C18H22BrNO/c1-12(2)9-13-5-4-6-14(10-13)18(20)16-11-15(21-3)7-8-17(16)19/h4-8,10-12,18H,9,20H2,1-3H3. The molecule has 0 saturated heterocycles. The van der Waals surface area contributed by atoms with Crippen LogP contribution in [-0.2, 0) is 6.42 Å². The van der Waals surface area contributed by atoms with E-state index in [1.165, 1.54) is 5.56 Å². The van der Waals surface area contributed by atoms with Crippen molar-refractivity contribution in [3.05, 3.63) is 63.6 Å². The molecule has 2 rings (SSSR count). The smallest absolute Gasteiger partial charge is 0.119 e. The van der Waals surface area contributed by atoms with Gasteiger partial charge in [-0.3, -0.25) is 0 Å². The van der Waals surface area contributed by atoms with Gasteiger partial charge in [-0.15, -0.1) is 0 Å². The summed E-state index contributed by atoms with van der Waals surface area (Å²) in [5.41, 5.74) is 9.95. The van der Waals surface area contributed by atoms with E-state index in [9.17, 15) is 0 Å². The molecule has 2 N–H and O–H groups in total. The number of hydrogen-bond donors (Lipinski definition) is 1. The third-order valence-electron chi connectivity index (χ3n) is 3.49. The molecule has 1 atom stereocenters. The molecular weight excluding hydrogens is 326 g/mol. The molecule has 2 aromatic carbocycles. The highest BCUT2D eigenvalue weighted by Gasteiger charge is 2.14. The lowest BCUT2D eigenvalue weighted by atomic mass is 9.95. The van der Waals surface area contributed by atoms with Crippen molar-refractivity contribution >= 4 is 15.9 Å². The fraction of sp³-hybridized carbons (Fsp3) is 0.333.